The number of pyridine rings is 1. The number of primary amides is 1. The van der Waals surface area contributed by atoms with Crippen LogP contribution in [0.3, 0.4) is 0 Å². The highest BCUT2D eigenvalue weighted by Crippen LogP contribution is 2.39. The van der Waals surface area contributed by atoms with Crippen LogP contribution in [0, 0.1) is 5.92 Å². The van der Waals surface area contributed by atoms with Gasteiger partial charge in [-0.1, -0.05) is 6.07 Å². The van der Waals surface area contributed by atoms with Crippen LogP contribution < -0.4 is 5.73 Å². The first-order valence-electron chi connectivity index (χ1n) is 6.23. The Morgan fingerprint density at radius 3 is 2.76 bits per heavy atom. The molecule has 1 aromatic rings. The van der Waals surface area contributed by atoms with Crippen LogP contribution in [0.2, 0.25) is 0 Å². The minimum atomic E-state index is -0.406. The van der Waals surface area contributed by atoms with Crippen LogP contribution in [0.25, 0.3) is 0 Å². The molecule has 3 aliphatic heterocycles. The molecule has 4 heterocycles. The number of nitrogens with two attached hydrogens (primary N) is 1. The number of amides is 1. The van der Waals surface area contributed by atoms with Crippen molar-refractivity contribution in [2.75, 3.05) is 19.6 Å². The molecule has 1 amide bonds. The Kier molecular flexibility index (Phi) is 2.59. The zero-order valence-corrected chi connectivity index (χ0v) is 9.80. The summed E-state index contributed by atoms with van der Waals surface area (Å²) in [5.74, 6) is 0.730. The number of hydrogen-bond donors (Lipinski definition) is 1. The van der Waals surface area contributed by atoms with E-state index >= 15 is 0 Å². The molecule has 3 aliphatic rings. The van der Waals surface area contributed by atoms with Gasteiger partial charge < -0.3 is 10.6 Å². The van der Waals surface area contributed by atoms with Gasteiger partial charge in [0.2, 0.25) is 0 Å². The fraction of sp³-hybridized carbons (Fsp3) is 0.538. The molecule has 2 N–H and O–H groups in total. The first-order chi connectivity index (χ1) is 8.25. The molecule has 0 unspecified atom stereocenters. The van der Waals surface area contributed by atoms with Gasteiger partial charge in [-0.15, -0.1) is 0 Å². The molecule has 4 rings (SSSR count). The van der Waals surface area contributed by atoms with E-state index in [9.17, 15) is 4.79 Å². The molecule has 17 heavy (non-hydrogen) atoms. The molecule has 3 fully saturated rings. The van der Waals surface area contributed by atoms with E-state index in [4.69, 9.17) is 5.73 Å². The quantitative estimate of drug-likeness (QED) is 0.825. The van der Waals surface area contributed by atoms with Gasteiger partial charge in [0.05, 0.1) is 0 Å². The van der Waals surface area contributed by atoms with Crippen LogP contribution in [0.1, 0.15) is 34.8 Å². The van der Waals surface area contributed by atoms with Crippen molar-refractivity contribution in [2.24, 2.45) is 11.7 Å². The van der Waals surface area contributed by atoms with Gasteiger partial charge in [-0.2, -0.15) is 0 Å². The standard InChI is InChI=1S/C13H17N3O/c14-13(17)12-10(2-1-5-15-12)11-8-16-6-3-9(11)4-7-16/h1-2,5,9,11H,3-4,6-8H2,(H2,14,17)/t11-/m0/s1. The van der Waals surface area contributed by atoms with Crippen molar-refractivity contribution in [3.8, 4) is 0 Å². The van der Waals surface area contributed by atoms with E-state index in [2.05, 4.69) is 9.88 Å². The summed E-state index contributed by atoms with van der Waals surface area (Å²) < 4.78 is 0. The topological polar surface area (TPSA) is 59.2 Å². The van der Waals surface area contributed by atoms with Crippen LogP contribution in [0.4, 0.5) is 0 Å². The van der Waals surface area contributed by atoms with Gasteiger partial charge in [-0.05, 0) is 43.5 Å². The number of aromatic nitrogens is 1. The second-order valence-corrected chi connectivity index (χ2v) is 5.05. The molecule has 3 saturated heterocycles. The molecule has 1 aromatic heterocycles. The highest BCUT2D eigenvalue weighted by atomic mass is 16.1. The van der Waals surface area contributed by atoms with Gasteiger partial charge >= 0.3 is 0 Å². The second kappa shape index (κ2) is 4.11. The molecule has 2 bridgehead atoms. The Morgan fingerprint density at radius 1 is 1.41 bits per heavy atom. The van der Waals surface area contributed by atoms with Crippen LogP contribution in [-0.4, -0.2) is 35.4 Å². The van der Waals surface area contributed by atoms with Gasteiger partial charge in [-0.25, -0.2) is 0 Å². The molecule has 4 nitrogen and oxygen atoms in total. The van der Waals surface area contributed by atoms with Gasteiger partial charge in [0.15, 0.2) is 0 Å². The Morgan fingerprint density at radius 2 is 2.18 bits per heavy atom. The molecule has 4 heteroatoms. The monoisotopic (exact) mass is 231 g/mol. The van der Waals surface area contributed by atoms with E-state index in [1.807, 2.05) is 12.1 Å². The summed E-state index contributed by atoms with van der Waals surface area (Å²) in [6, 6.07) is 3.92. The molecule has 0 radical (unpaired) electrons. The lowest BCUT2D eigenvalue weighted by atomic mass is 9.75. The average Bonchev–Trinajstić information content (AvgIpc) is 2.40. The highest BCUT2D eigenvalue weighted by molar-refractivity contribution is 5.92. The third kappa shape index (κ3) is 1.82. The van der Waals surface area contributed by atoms with Gasteiger partial charge in [0.1, 0.15) is 5.69 Å². The van der Waals surface area contributed by atoms with Crippen LogP contribution >= 0.6 is 0 Å². The van der Waals surface area contributed by atoms with Gasteiger partial charge in [-0.3, -0.25) is 9.78 Å². The number of hydrogen-bond acceptors (Lipinski definition) is 3. The summed E-state index contributed by atoms with van der Waals surface area (Å²) >= 11 is 0. The maximum absolute atomic E-state index is 11.4. The number of piperidine rings is 3. The van der Waals surface area contributed by atoms with Crippen molar-refractivity contribution in [2.45, 2.75) is 18.8 Å². The summed E-state index contributed by atoms with van der Waals surface area (Å²) in [5.41, 5.74) is 6.92. The maximum Gasteiger partial charge on any atom is 0.267 e. The summed E-state index contributed by atoms with van der Waals surface area (Å²) in [5, 5.41) is 0. The van der Waals surface area contributed by atoms with Crippen LogP contribution in [-0.2, 0) is 0 Å². The van der Waals surface area contributed by atoms with Crippen molar-refractivity contribution in [1.82, 2.24) is 9.88 Å². The maximum atomic E-state index is 11.4. The second-order valence-electron chi connectivity index (χ2n) is 5.05. The summed E-state index contributed by atoms with van der Waals surface area (Å²) in [4.78, 5) is 18.0. The van der Waals surface area contributed by atoms with Gasteiger partial charge in [0, 0.05) is 18.7 Å². The van der Waals surface area contributed by atoms with Crippen LogP contribution in [0.5, 0.6) is 0 Å². The molecule has 0 aromatic carbocycles. The zero-order chi connectivity index (χ0) is 11.8. The fourth-order valence-electron chi connectivity index (χ4n) is 3.24. The molecular weight excluding hydrogens is 214 g/mol. The van der Waals surface area contributed by atoms with E-state index < -0.39 is 5.91 Å². The predicted molar refractivity (Wildman–Crippen MR) is 64.7 cm³/mol. The smallest absolute Gasteiger partial charge is 0.267 e. The van der Waals surface area contributed by atoms with E-state index in [1.165, 1.54) is 25.9 Å². The third-order valence-corrected chi connectivity index (χ3v) is 4.13. The normalized spacial score (nSPS) is 31.4. The number of rotatable bonds is 2. The van der Waals surface area contributed by atoms with Crippen molar-refractivity contribution in [3.63, 3.8) is 0 Å². The molecule has 0 spiro atoms. The first kappa shape index (κ1) is 10.7. The molecular formula is C13H17N3O. The largest absolute Gasteiger partial charge is 0.364 e. The SMILES string of the molecule is NC(=O)c1ncccc1[C@H]1CN2CCC1CC2. The molecule has 1 atom stereocenters. The number of fused-ring (bicyclic) bond motifs is 3. The number of carbonyl (C=O) groups is 1. The Labute approximate surface area is 101 Å². The van der Waals surface area contributed by atoms with Crippen molar-refractivity contribution in [1.29, 1.82) is 0 Å². The molecule has 0 saturated carbocycles. The van der Waals surface area contributed by atoms with Gasteiger partial charge in [0.25, 0.3) is 5.91 Å². The Hall–Kier alpha value is -1.42. The lowest BCUT2D eigenvalue weighted by Gasteiger charge is -2.45. The van der Waals surface area contributed by atoms with Crippen molar-refractivity contribution >= 4 is 5.91 Å². The predicted octanol–water partition coefficient (Wildman–Crippen LogP) is 0.990. The highest BCUT2D eigenvalue weighted by Gasteiger charge is 2.36. The minimum absolute atomic E-state index is 0.406. The zero-order valence-electron chi connectivity index (χ0n) is 9.80. The van der Waals surface area contributed by atoms with Crippen molar-refractivity contribution in [3.05, 3.63) is 29.6 Å². The minimum Gasteiger partial charge on any atom is -0.364 e. The first-order valence-corrected chi connectivity index (χ1v) is 6.23. The van der Waals surface area contributed by atoms with E-state index in [0.717, 1.165) is 12.1 Å². The Bertz CT molecular complexity index is 438. The molecule has 0 aliphatic carbocycles. The lowest BCUT2D eigenvalue weighted by molar-refractivity contribution is 0.0852. The Balaban J connectivity index is 1.96. The average molecular weight is 231 g/mol. The van der Waals surface area contributed by atoms with Crippen LogP contribution in [0.15, 0.2) is 18.3 Å². The lowest BCUT2D eigenvalue weighted by Crippen LogP contribution is -2.46. The summed E-state index contributed by atoms with van der Waals surface area (Å²) in [6.07, 6.45) is 4.11. The number of nitrogens with zero attached hydrogens (tertiary/aromatic N) is 2. The molecule has 90 valence electrons. The number of carbonyl (C=O) groups excluding carboxylic acids is 1. The third-order valence-electron chi connectivity index (χ3n) is 4.13. The summed E-state index contributed by atoms with van der Waals surface area (Å²) in [6.45, 7) is 3.46. The van der Waals surface area contributed by atoms with Crippen molar-refractivity contribution < 1.29 is 4.79 Å². The fourth-order valence-corrected chi connectivity index (χ4v) is 3.24. The van der Waals surface area contributed by atoms with E-state index in [-0.39, 0.29) is 0 Å². The van der Waals surface area contributed by atoms with E-state index in [0.29, 0.717) is 17.5 Å². The van der Waals surface area contributed by atoms with E-state index in [1.54, 1.807) is 6.20 Å². The summed E-state index contributed by atoms with van der Waals surface area (Å²) in [7, 11) is 0.